The summed E-state index contributed by atoms with van der Waals surface area (Å²) < 4.78 is 0. The number of halogens is 1. The molecular formula is C15H12ClN3O. The molecule has 2 aromatic carbocycles. The lowest BCUT2D eigenvalue weighted by atomic mass is 10.2. The third kappa shape index (κ3) is 2.46. The van der Waals surface area contributed by atoms with Crippen LogP contribution in [0.1, 0.15) is 10.5 Å². The number of fused-ring (bicyclic) bond motifs is 1. The SMILES string of the molecule is Nc1ccc2[nH]c(C(=O)Nc3cccc(Cl)c3)cc2c1. The molecule has 0 spiro atoms. The number of nitrogen functional groups attached to an aromatic ring is 1. The number of amides is 1. The Hall–Kier alpha value is -2.46. The van der Waals surface area contributed by atoms with Crippen LogP contribution >= 0.6 is 11.6 Å². The summed E-state index contributed by atoms with van der Waals surface area (Å²) in [6, 6.07) is 14.2. The fourth-order valence-electron chi connectivity index (χ4n) is 2.04. The van der Waals surface area contributed by atoms with Crippen LogP contribution in [0.25, 0.3) is 10.9 Å². The fraction of sp³-hybridized carbons (Fsp3) is 0. The molecule has 1 aromatic heterocycles. The van der Waals surface area contributed by atoms with Crippen molar-refractivity contribution in [3.63, 3.8) is 0 Å². The first kappa shape index (κ1) is 12.6. The van der Waals surface area contributed by atoms with Gasteiger partial charge in [0.15, 0.2) is 0 Å². The van der Waals surface area contributed by atoms with Crippen molar-refractivity contribution >= 4 is 39.8 Å². The van der Waals surface area contributed by atoms with E-state index in [-0.39, 0.29) is 5.91 Å². The summed E-state index contributed by atoms with van der Waals surface area (Å²) in [5, 5.41) is 4.27. The highest BCUT2D eigenvalue weighted by Gasteiger charge is 2.10. The Labute approximate surface area is 120 Å². The van der Waals surface area contributed by atoms with Gasteiger partial charge in [0.05, 0.1) is 0 Å². The van der Waals surface area contributed by atoms with Gasteiger partial charge in [-0.05, 0) is 42.5 Å². The minimum atomic E-state index is -0.220. The van der Waals surface area contributed by atoms with Crippen molar-refractivity contribution in [3.8, 4) is 0 Å². The number of anilines is 2. The average molecular weight is 286 g/mol. The molecule has 0 atom stereocenters. The quantitative estimate of drug-likeness (QED) is 0.629. The maximum Gasteiger partial charge on any atom is 0.272 e. The van der Waals surface area contributed by atoms with E-state index in [2.05, 4.69) is 10.3 Å². The Morgan fingerprint density at radius 1 is 1.15 bits per heavy atom. The van der Waals surface area contributed by atoms with Crippen LogP contribution in [0.2, 0.25) is 5.02 Å². The Bertz CT molecular complexity index is 795. The predicted octanol–water partition coefficient (Wildman–Crippen LogP) is 3.66. The highest BCUT2D eigenvalue weighted by molar-refractivity contribution is 6.31. The molecular weight excluding hydrogens is 274 g/mol. The normalized spacial score (nSPS) is 10.7. The second-order valence-corrected chi connectivity index (χ2v) is 4.93. The lowest BCUT2D eigenvalue weighted by Gasteiger charge is -2.03. The van der Waals surface area contributed by atoms with Crippen LogP contribution in [-0.2, 0) is 0 Å². The number of rotatable bonds is 2. The summed E-state index contributed by atoms with van der Waals surface area (Å²) in [6.45, 7) is 0. The van der Waals surface area contributed by atoms with Crippen LogP contribution in [0, 0.1) is 0 Å². The maximum atomic E-state index is 12.2. The van der Waals surface area contributed by atoms with E-state index in [0.717, 1.165) is 10.9 Å². The molecule has 0 aliphatic carbocycles. The Morgan fingerprint density at radius 3 is 2.80 bits per heavy atom. The van der Waals surface area contributed by atoms with E-state index in [0.29, 0.717) is 22.1 Å². The zero-order valence-electron chi connectivity index (χ0n) is 10.5. The zero-order chi connectivity index (χ0) is 14.1. The number of aromatic amines is 1. The van der Waals surface area contributed by atoms with E-state index in [1.165, 1.54) is 0 Å². The van der Waals surface area contributed by atoms with Crippen molar-refractivity contribution in [3.05, 3.63) is 59.2 Å². The molecule has 0 unspecified atom stereocenters. The van der Waals surface area contributed by atoms with Crippen LogP contribution < -0.4 is 11.1 Å². The van der Waals surface area contributed by atoms with Gasteiger partial charge in [0.1, 0.15) is 5.69 Å². The van der Waals surface area contributed by atoms with E-state index < -0.39 is 0 Å². The standard InChI is InChI=1S/C15H12ClN3O/c16-10-2-1-3-12(8-10)18-15(20)14-7-9-6-11(17)4-5-13(9)19-14/h1-8,19H,17H2,(H,18,20). The lowest BCUT2D eigenvalue weighted by Crippen LogP contribution is -2.11. The Balaban J connectivity index is 1.88. The predicted molar refractivity (Wildman–Crippen MR) is 82.1 cm³/mol. The van der Waals surface area contributed by atoms with Gasteiger partial charge in [0.2, 0.25) is 0 Å². The highest BCUT2D eigenvalue weighted by atomic mass is 35.5. The summed E-state index contributed by atoms with van der Waals surface area (Å²) in [5.41, 5.74) is 8.39. The average Bonchev–Trinajstić information content (AvgIpc) is 2.81. The molecule has 0 radical (unpaired) electrons. The smallest absolute Gasteiger partial charge is 0.272 e. The first-order valence-electron chi connectivity index (χ1n) is 6.07. The summed E-state index contributed by atoms with van der Waals surface area (Å²) >= 11 is 5.88. The van der Waals surface area contributed by atoms with Gasteiger partial charge >= 0.3 is 0 Å². The van der Waals surface area contributed by atoms with Crippen molar-refractivity contribution in [1.82, 2.24) is 4.98 Å². The Kier molecular flexibility index (Phi) is 3.08. The van der Waals surface area contributed by atoms with Crippen LogP contribution in [0.15, 0.2) is 48.5 Å². The topological polar surface area (TPSA) is 70.9 Å². The number of carbonyl (C=O) groups excluding carboxylic acids is 1. The van der Waals surface area contributed by atoms with Gasteiger partial charge in [-0.15, -0.1) is 0 Å². The van der Waals surface area contributed by atoms with Gasteiger partial charge in [0.25, 0.3) is 5.91 Å². The van der Waals surface area contributed by atoms with E-state index in [4.69, 9.17) is 17.3 Å². The van der Waals surface area contributed by atoms with Gasteiger partial charge in [-0.25, -0.2) is 0 Å². The molecule has 5 heteroatoms. The van der Waals surface area contributed by atoms with Gasteiger partial charge in [0, 0.05) is 27.3 Å². The molecule has 0 aliphatic heterocycles. The van der Waals surface area contributed by atoms with Crippen LogP contribution in [0.5, 0.6) is 0 Å². The molecule has 0 saturated carbocycles. The third-order valence-corrected chi connectivity index (χ3v) is 3.21. The number of hydrogen-bond acceptors (Lipinski definition) is 2. The van der Waals surface area contributed by atoms with Gasteiger partial charge in [-0.2, -0.15) is 0 Å². The molecule has 4 N–H and O–H groups in total. The molecule has 1 heterocycles. The molecule has 3 aromatic rings. The van der Waals surface area contributed by atoms with Gasteiger partial charge < -0.3 is 16.0 Å². The summed E-state index contributed by atoms with van der Waals surface area (Å²) in [4.78, 5) is 15.2. The Morgan fingerprint density at radius 2 is 2.00 bits per heavy atom. The molecule has 0 fully saturated rings. The van der Waals surface area contributed by atoms with E-state index in [1.54, 1.807) is 36.4 Å². The second-order valence-electron chi connectivity index (χ2n) is 4.49. The minimum absolute atomic E-state index is 0.220. The molecule has 1 amide bonds. The number of benzene rings is 2. The number of hydrogen-bond donors (Lipinski definition) is 3. The van der Waals surface area contributed by atoms with Gasteiger partial charge in [-0.1, -0.05) is 17.7 Å². The van der Waals surface area contributed by atoms with Crippen molar-refractivity contribution in [2.45, 2.75) is 0 Å². The number of nitrogens with one attached hydrogen (secondary N) is 2. The lowest BCUT2D eigenvalue weighted by molar-refractivity contribution is 0.102. The largest absolute Gasteiger partial charge is 0.399 e. The van der Waals surface area contributed by atoms with Gasteiger partial charge in [-0.3, -0.25) is 4.79 Å². The molecule has 3 rings (SSSR count). The molecule has 0 bridgehead atoms. The van der Waals surface area contributed by atoms with Crippen LogP contribution in [0.3, 0.4) is 0 Å². The minimum Gasteiger partial charge on any atom is -0.399 e. The highest BCUT2D eigenvalue weighted by Crippen LogP contribution is 2.20. The van der Waals surface area contributed by atoms with E-state index in [1.807, 2.05) is 12.1 Å². The number of carbonyl (C=O) groups is 1. The van der Waals surface area contributed by atoms with Crippen molar-refractivity contribution in [2.24, 2.45) is 0 Å². The van der Waals surface area contributed by atoms with Crippen LogP contribution in [-0.4, -0.2) is 10.9 Å². The van der Waals surface area contributed by atoms with Crippen molar-refractivity contribution < 1.29 is 4.79 Å². The molecule has 100 valence electrons. The first-order chi connectivity index (χ1) is 9.61. The zero-order valence-corrected chi connectivity index (χ0v) is 11.2. The molecule has 0 aliphatic rings. The number of nitrogens with two attached hydrogens (primary N) is 1. The van der Waals surface area contributed by atoms with Crippen LogP contribution in [0.4, 0.5) is 11.4 Å². The van der Waals surface area contributed by atoms with Crippen molar-refractivity contribution in [2.75, 3.05) is 11.1 Å². The summed E-state index contributed by atoms with van der Waals surface area (Å²) in [6.07, 6.45) is 0. The monoisotopic (exact) mass is 285 g/mol. The molecule has 0 saturated heterocycles. The third-order valence-electron chi connectivity index (χ3n) is 2.97. The maximum absolute atomic E-state index is 12.2. The van der Waals surface area contributed by atoms with Crippen molar-refractivity contribution in [1.29, 1.82) is 0 Å². The first-order valence-corrected chi connectivity index (χ1v) is 6.45. The number of aromatic nitrogens is 1. The second kappa shape index (κ2) is 4.90. The fourth-order valence-corrected chi connectivity index (χ4v) is 2.23. The molecule has 4 nitrogen and oxygen atoms in total. The molecule has 20 heavy (non-hydrogen) atoms. The number of H-pyrrole nitrogens is 1. The van der Waals surface area contributed by atoms with E-state index in [9.17, 15) is 4.79 Å². The van der Waals surface area contributed by atoms with E-state index >= 15 is 0 Å². The summed E-state index contributed by atoms with van der Waals surface area (Å²) in [5.74, 6) is -0.220. The summed E-state index contributed by atoms with van der Waals surface area (Å²) in [7, 11) is 0.